The highest BCUT2D eigenvalue weighted by Crippen LogP contribution is 2.31. The van der Waals surface area contributed by atoms with Gasteiger partial charge in [-0.05, 0) is 44.0 Å². The number of halogens is 1. The molecule has 2 aromatic heterocycles. The van der Waals surface area contributed by atoms with Gasteiger partial charge in [0.05, 0.1) is 35.5 Å². The standard InChI is InChI=1S/C19H20FN5O2/c1-12-16(10-21-25(12)15-4-2-3-5-15)22-19(27)18-17(26)11-24(23-18)14-8-6-13(20)7-9-14/h6-11,15,26H,2-5H2,1H3,(H,22,27). The van der Waals surface area contributed by atoms with Crippen LogP contribution in [-0.4, -0.2) is 30.6 Å². The second-order valence-electron chi connectivity index (χ2n) is 6.76. The molecule has 8 heteroatoms. The Morgan fingerprint density at radius 2 is 1.96 bits per heavy atom. The van der Waals surface area contributed by atoms with Gasteiger partial charge in [0.25, 0.3) is 5.91 Å². The third-order valence-corrected chi connectivity index (χ3v) is 4.96. The zero-order valence-electron chi connectivity index (χ0n) is 14.9. The molecule has 0 atom stereocenters. The highest BCUT2D eigenvalue weighted by molar-refractivity contribution is 6.04. The number of hydrogen-bond acceptors (Lipinski definition) is 4. The van der Waals surface area contributed by atoms with Gasteiger partial charge in [0, 0.05) is 0 Å². The first kappa shape index (κ1) is 17.3. The van der Waals surface area contributed by atoms with E-state index in [0.29, 0.717) is 17.4 Å². The maximum atomic E-state index is 13.1. The van der Waals surface area contributed by atoms with Crippen molar-refractivity contribution >= 4 is 11.6 Å². The molecular formula is C19H20FN5O2. The summed E-state index contributed by atoms with van der Waals surface area (Å²) in [4.78, 5) is 12.6. The van der Waals surface area contributed by atoms with Crippen LogP contribution in [0.2, 0.25) is 0 Å². The molecule has 0 saturated heterocycles. The van der Waals surface area contributed by atoms with Crippen molar-refractivity contribution in [2.75, 3.05) is 5.32 Å². The van der Waals surface area contributed by atoms with Crippen LogP contribution in [0.3, 0.4) is 0 Å². The van der Waals surface area contributed by atoms with Gasteiger partial charge < -0.3 is 10.4 Å². The Balaban J connectivity index is 1.54. The summed E-state index contributed by atoms with van der Waals surface area (Å²) in [5.74, 6) is -1.15. The van der Waals surface area contributed by atoms with E-state index in [1.165, 1.54) is 48.0 Å². The first-order valence-corrected chi connectivity index (χ1v) is 8.93. The minimum absolute atomic E-state index is 0.104. The van der Waals surface area contributed by atoms with E-state index >= 15 is 0 Å². The Kier molecular flexibility index (Phi) is 4.39. The second-order valence-corrected chi connectivity index (χ2v) is 6.76. The van der Waals surface area contributed by atoms with E-state index in [0.717, 1.165) is 18.5 Å². The number of benzene rings is 1. The van der Waals surface area contributed by atoms with Gasteiger partial charge in [-0.2, -0.15) is 10.2 Å². The predicted octanol–water partition coefficient (Wildman–Crippen LogP) is 3.59. The number of rotatable bonds is 4. The average molecular weight is 369 g/mol. The third kappa shape index (κ3) is 3.30. The number of carbonyl (C=O) groups excluding carboxylic acids is 1. The topological polar surface area (TPSA) is 85.0 Å². The number of aromatic hydroxyl groups is 1. The van der Waals surface area contributed by atoms with Crippen LogP contribution in [0, 0.1) is 12.7 Å². The van der Waals surface area contributed by atoms with Crippen molar-refractivity contribution < 1.29 is 14.3 Å². The van der Waals surface area contributed by atoms with E-state index in [4.69, 9.17) is 0 Å². The fourth-order valence-corrected chi connectivity index (χ4v) is 3.50. The summed E-state index contributed by atoms with van der Waals surface area (Å²) in [6.45, 7) is 1.91. The molecule has 4 rings (SSSR count). The molecule has 0 bridgehead atoms. The van der Waals surface area contributed by atoms with Crippen LogP contribution in [0.15, 0.2) is 36.7 Å². The van der Waals surface area contributed by atoms with Crippen LogP contribution < -0.4 is 5.32 Å². The molecule has 1 amide bonds. The lowest BCUT2D eigenvalue weighted by Gasteiger charge is -2.12. The van der Waals surface area contributed by atoms with Gasteiger partial charge >= 0.3 is 0 Å². The molecule has 1 aromatic carbocycles. The lowest BCUT2D eigenvalue weighted by molar-refractivity contribution is 0.101. The highest BCUT2D eigenvalue weighted by Gasteiger charge is 2.23. The van der Waals surface area contributed by atoms with Gasteiger partial charge in [-0.1, -0.05) is 12.8 Å². The van der Waals surface area contributed by atoms with Crippen molar-refractivity contribution in [3.63, 3.8) is 0 Å². The molecule has 2 heterocycles. The number of nitrogens with zero attached hydrogens (tertiary/aromatic N) is 4. The van der Waals surface area contributed by atoms with Gasteiger partial charge in [-0.15, -0.1) is 0 Å². The fraction of sp³-hybridized carbons (Fsp3) is 0.316. The zero-order chi connectivity index (χ0) is 19.0. The molecule has 1 fully saturated rings. The number of nitrogens with one attached hydrogen (secondary N) is 1. The number of amides is 1. The van der Waals surface area contributed by atoms with E-state index in [1.807, 2.05) is 11.6 Å². The molecule has 27 heavy (non-hydrogen) atoms. The smallest absolute Gasteiger partial charge is 0.280 e. The summed E-state index contributed by atoms with van der Waals surface area (Å²) in [6, 6.07) is 5.98. The Hall–Kier alpha value is -3.16. The van der Waals surface area contributed by atoms with Crippen LogP contribution in [0.5, 0.6) is 5.75 Å². The zero-order valence-corrected chi connectivity index (χ0v) is 14.9. The van der Waals surface area contributed by atoms with E-state index in [1.54, 1.807) is 6.20 Å². The molecule has 3 aromatic rings. The molecule has 0 aliphatic heterocycles. The Morgan fingerprint density at radius 3 is 2.67 bits per heavy atom. The first-order valence-electron chi connectivity index (χ1n) is 8.93. The van der Waals surface area contributed by atoms with Crippen LogP contribution in [0.4, 0.5) is 10.1 Å². The summed E-state index contributed by atoms with van der Waals surface area (Å²) in [6.07, 6.45) is 7.52. The van der Waals surface area contributed by atoms with Crippen LogP contribution in [0.1, 0.15) is 47.9 Å². The van der Waals surface area contributed by atoms with Gasteiger partial charge in [0.2, 0.25) is 0 Å². The van der Waals surface area contributed by atoms with Crippen molar-refractivity contribution in [2.45, 2.75) is 38.6 Å². The SMILES string of the molecule is Cc1c(NC(=O)c2nn(-c3ccc(F)cc3)cc2O)cnn1C1CCCC1. The average Bonchev–Trinajstić information content (AvgIpc) is 3.37. The van der Waals surface area contributed by atoms with E-state index < -0.39 is 5.91 Å². The maximum Gasteiger partial charge on any atom is 0.280 e. The molecular weight excluding hydrogens is 349 g/mol. The molecule has 0 spiro atoms. The summed E-state index contributed by atoms with van der Waals surface area (Å²) in [5, 5.41) is 21.4. The van der Waals surface area contributed by atoms with Crippen molar-refractivity contribution in [1.29, 1.82) is 0 Å². The number of hydrogen-bond donors (Lipinski definition) is 2. The van der Waals surface area contributed by atoms with Gasteiger partial charge in [-0.25, -0.2) is 9.07 Å². The Bertz CT molecular complexity index is 971. The predicted molar refractivity (Wildman–Crippen MR) is 97.6 cm³/mol. The molecule has 2 N–H and O–H groups in total. The minimum atomic E-state index is -0.526. The summed E-state index contributed by atoms with van der Waals surface area (Å²) in [7, 11) is 0. The molecule has 1 aliphatic carbocycles. The first-order chi connectivity index (χ1) is 13.0. The highest BCUT2D eigenvalue weighted by atomic mass is 19.1. The number of aromatic nitrogens is 4. The van der Waals surface area contributed by atoms with Crippen LogP contribution in [0.25, 0.3) is 5.69 Å². The molecule has 1 aliphatic rings. The largest absolute Gasteiger partial charge is 0.504 e. The summed E-state index contributed by atoms with van der Waals surface area (Å²) < 4.78 is 16.3. The minimum Gasteiger partial charge on any atom is -0.504 e. The van der Waals surface area contributed by atoms with Crippen molar-refractivity contribution in [2.24, 2.45) is 0 Å². The van der Waals surface area contributed by atoms with Crippen LogP contribution >= 0.6 is 0 Å². The summed E-state index contributed by atoms with van der Waals surface area (Å²) in [5.41, 5.74) is 1.92. The van der Waals surface area contributed by atoms with E-state index in [2.05, 4.69) is 15.5 Å². The quantitative estimate of drug-likeness (QED) is 0.736. The second kappa shape index (κ2) is 6.86. The normalized spacial score (nSPS) is 14.6. The van der Waals surface area contributed by atoms with E-state index in [-0.39, 0.29) is 17.3 Å². The number of carbonyl (C=O) groups is 1. The fourth-order valence-electron chi connectivity index (χ4n) is 3.50. The van der Waals surface area contributed by atoms with Gasteiger partial charge in [0.15, 0.2) is 11.4 Å². The molecule has 0 unspecified atom stereocenters. The lowest BCUT2D eigenvalue weighted by atomic mass is 10.2. The Morgan fingerprint density at radius 1 is 1.26 bits per heavy atom. The summed E-state index contributed by atoms with van der Waals surface area (Å²) >= 11 is 0. The maximum absolute atomic E-state index is 13.1. The molecule has 7 nitrogen and oxygen atoms in total. The monoisotopic (exact) mass is 369 g/mol. The number of anilines is 1. The third-order valence-electron chi connectivity index (χ3n) is 4.96. The molecule has 0 radical (unpaired) electrons. The van der Waals surface area contributed by atoms with Gasteiger partial charge in [-0.3, -0.25) is 9.48 Å². The van der Waals surface area contributed by atoms with Crippen molar-refractivity contribution in [3.8, 4) is 11.4 Å². The van der Waals surface area contributed by atoms with Crippen molar-refractivity contribution in [3.05, 3.63) is 53.9 Å². The Labute approximate surface area is 155 Å². The van der Waals surface area contributed by atoms with E-state index in [9.17, 15) is 14.3 Å². The molecule has 140 valence electrons. The molecule has 1 saturated carbocycles. The van der Waals surface area contributed by atoms with Crippen molar-refractivity contribution in [1.82, 2.24) is 19.6 Å². The van der Waals surface area contributed by atoms with Gasteiger partial charge in [0.1, 0.15) is 5.82 Å². The van der Waals surface area contributed by atoms with Crippen LogP contribution in [-0.2, 0) is 0 Å². The lowest BCUT2D eigenvalue weighted by Crippen LogP contribution is -2.15.